The SMILES string of the molecule is [C-]#[N+]c1ccccc1N(c1ccccc1)c1cc(C2CCCC2)c2ccc3c(N(c4ccccc4)c4ccccc4C#N)cc(C4CCCC4)c4ccc1c2c43. The average molecular weight is 723 g/mol. The van der Waals surface area contributed by atoms with E-state index in [2.05, 4.69) is 130 Å². The maximum atomic E-state index is 10.5. The summed E-state index contributed by atoms with van der Waals surface area (Å²) in [4.78, 5) is 8.69. The van der Waals surface area contributed by atoms with E-state index in [1.165, 1.54) is 94.8 Å². The molecule has 4 heteroatoms. The highest BCUT2D eigenvalue weighted by Crippen LogP contribution is 2.54. The number of nitrogens with zero attached hydrogens (tertiary/aromatic N) is 4. The molecule has 0 bridgehead atoms. The summed E-state index contributed by atoms with van der Waals surface area (Å²) in [6, 6.07) is 54.1. The number of rotatable bonds is 8. The first-order valence-electron chi connectivity index (χ1n) is 20.2. The van der Waals surface area contributed by atoms with Crippen LogP contribution in [0.5, 0.6) is 0 Å². The summed E-state index contributed by atoms with van der Waals surface area (Å²) < 4.78 is 0. The Morgan fingerprint density at radius 2 is 0.911 bits per heavy atom. The van der Waals surface area contributed by atoms with Gasteiger partial charge in [-0.15, -0.1) is 0 Å². The van der Waals surface area contributed by atoms with Gasteiger partial charge < -0.3 is 9.80 Å². The van der Waals surface area contributed by atoms with Gasteiger partial charge in [0.05, 0.1) is 34.9 Å². The number of benzene rings is 8. The van der Waals surface area contributed by atoms with Crippen LogP contribution >= 0.6 is 0 Å². The molecular weight excluding hydrogens is 681 g/mol. The Labute approximate surface area is 329 Å². The van der Waals surface area contributed by atoms with Crippen molar-refractivity contribution in [2.45, 2.75) is 63.2 Å². The summed E-state index contributed by atoms with van der Waals surface area (Å²) in [7, 11) is 0. The van der Waals surface area contributed by atoms with Crippen LogP contribution in [-0.4, -0.2) is 0 Å². The van der Waals surface area contributed by atoms with Gasteiger partial charge in [0.25, 0.3) is 0 Å². The minimum absolute atomic E-state index is 0.460. The van der Waals surface area contributed by atoms with Crippen molar-refractivity contribution < 1.29 is 0 Å². The molecule has 270 valence electrons. The van der Waals surface area contributed by atoms with E-state index < -0.39 is 0 Å². The van der Waals surface area contributed by atoms with E-state index in [-0.39, 0.29) is 0 Å². The minimum Gasteiger partial charge on any atom is -0.320 e. The molecule has 0 radical (unpaired) electrons. The molecule has 8 aromatic rings. The summed E-state index contributed by atoms with van der Waals surface area (Å²) in [6.07, 6.45) is 9.68. The molecule has 2 aliphatic carbocycles. The molecule has 0 unspecified atom stereocenters. The van der Waals surface area contributed by atoms with Crippen molar-refractivity contribution in [3.05, 3.63) is 174 Å². The lowest BCUT2D eigenvalue weighted by Gasteiger charge is -2.32. The van der Waals surface area contributed by atoms with Gasteiger partial charge in [-0.25, -0.2) is 4.85 Å². The highest BCUT2D eigenvalue weighted by atomic mass is 15.2. The molecule has 0 aromatic heterocycles. The Hall–Kier alpha value is -6.62. The smallest absolute Gasteiger partial charge is 0.210 e. The summed E-state index contributed by atoms with van der Waals surface area (Å²) in [5, 5.41) is 18.1. The Kier molecular flexibility index (Phi) is 8.61. The lowest BCUT2D eigenvalue weighted by molar-refractivity contribution is 0.729. The number of nitriles is 1. The van der Waals surface area contributed by atoms with Crippen LogP contribution in [0.2, 0.25) is 0 Å². The van der Waals surface area contributed by atoms with Gasteiger partial charge in [0.1, 0.15) is 6.07 Å². The van der Waals surface area contributed by atoms with Crippen LogP contribution in [0.15, 0.2) is 146 Å². The van der Waals surface area contributed by atoms with Crippen LogP contribution < -0.4 is 9.80 Å². The first-order chi connectivity index (χ1) is 27.7. The minimum atomic E-state index is 0.460. The van der Waals surface area contributed by atoms with Gasteiger partial charge >= 0.3 is 0 Å². The summed E-state index contributed by atoms with van der Waals surface area (Å²) in [5.41, 5.74) is 10.1. The predicted molar refractivity (Wildman–Crippen MR) is 233 cm³/mol. The third-order valence-electron chi connectivity index (χ3n) is 12.5. The summed E-state index contributed by atoms with van der Waals surface area (Å²) in [6.45, 7) is 8.23. The van der Waals surface area contributed by atoms with Crippen LogP contribution in [0.25, 0.3) is 37.2 Å². The fourth-order valence-corrected chi connectivity index (χ4v) is 10.0. The van der Waals surface area contributed by atoms with Gasteiger partial charge in [-0.2, -0.15) is 5.26 Å². The Morgan fingerprint density at radius 3 is 1.41 bits per heavy atom. The third kappa shape index (κ3) is 5.56. The second-order valence-electron chi connectivity index (χ2n) is 15.6. The standard InChI is InChI=1S/C52H42N4/c1-54-46-25-13-15-27-48(46)56(39-23-6-3-7-24-39)50-33-45(36-18-10-11-19-36)41-28-30-42-49(55(38-21-4-2-5-22-38)47-26-14-12-20-37(47)34-53)32-44(35-16-8-9-17-35)40-29-31-43(50)52(41)51(40)42/h2-7,12-15,20-33,35-36H,8-11,16-19H2. The quantitative estimate of drug-likeness (QED) is 0.116. The molecule has 4 nitrogen and oxygen atoms in total. The maximum Gasteiger partial charge on any atom is 0.210 e. The van der Waals surface area contributed by atoms with Gasteiger partial charge in [-0.3, -0.25) is 0 Å². The zero-order valence-corrected chi connectivity index (χ0v) is 31.5. The average Bonchev–Trinajstić information content (AvgIpc) is 4.01. The van der Waals surface area contributed by atoms with Gasteiger partial charge in [0.15, 0.2) is 0 Å². The largest absolute Gasteiger partial charge is 0.320 e. The van der Waals surface area contributed by atoms with Crippen LogP contribution in [0.1, 0.15) is 79.9 Å². The first kappa shape index (κ1) is 33.9. The summed E-state index contributed by atoms with van der Waals surface area (Å²) in [5.74, 6) is 0.923. The molecule has 8 aromatic carbocycles. The van der Waals surface area contributed by atoms with Crippen LogP contribution in [-0.2, 0) is 0 Å². The molecule has 0 amide bonds. The predicted octanol–water partition coefficient (Wildman–Crippen LogP) is 15.3. The zero-order chi connectivity index (χ0) is 37.6. The normalized spacial score (nSPS) is 14.8. The van der Waals surface area contributed by atoms with Crippen LogP contribution in [0.3, 0.4) is 0 Å². The van der Waals surface area contributed by atoms with Crippen molar-refractivity contribution in [1.82, 2.24) is 0 Å². The molecule has 2 fully saturated rings. The van der Waals surface area contributed by atoms with E-state index in [0.717, 1.165) is 34.1 Å². The topological polar surface area (TPSA) is 34.6 Å². The van der Waals surface area contributed by atoms with E-state index in [4.69, 9.17) is 6.57 Å². The number of anilines is 6. The van der Waals surface area contributed by atoms with Gasteiger partial charge in [-0.1, -0.05) is 117 Å². The molecule has 2 aliphatic rings. The van der Waals surface area contributed by atoms with E-state index in [0.29, 0.717) is 23.1 Å². The van der Waals surface area contributed by atoms with E-state index in [1.807, 2.05) is 36.4 Å². The highest BCUT2D eigenvalue weighted by molar-refractivity contribution is 6.29. The second-order valence-corrected chi connectivity index (χ2v) is 15.6. The highest BCUT2D eigenvalue weighted by Gasteiger charge is 2.30. The molecule has 0 atom stereocenters. The first-order valence-corrected chi connectivity index (χ1v) is 20.2. The molecule has 10 rings (SSSR count). The lowest BCUT2D eigenvalue weighted by Crippen LogP contribution is -2.14. The summed E-state index contributed by atoms with van der Waals surface area (Å²) >= 11 is 0. The van der Waals surface area contributed by atoms with Crippen LogP contribution in [0.4, 0.5) is 39.8 Å². The van der Waals surface area contributed by atoms with Crippen molar-refractivity contribution in [3.8, 4) is 6.07 Å². The fraction of sp³-hybridized carbons (Fsp3) is 0.192. The van der Waals surface area contributed by atoms with Crippen LogP contribution in [0, 0.1) is 17.9 Å². The number of para-hydroxylation sites is 5. The van der Waals surface area contributed by atoms with E-state index >= 15 is 0 Å². The second kappa shape index (κ2) is 14.2. The third-order valence-corrected chi connectivity index (χ3v) is 12.5. The van der Waals surface area contributed by atoms with Crippen molar-refractivity contribution >= 4 is 72.1 Å². The van der Waals surface area contributed by atoms with Gasteiger partial charge in [-0.05, 0) is 125 Å². The van der Waals surface area contributed by atoms with E-state index in [1.54, 1.807) is 0 Å². The fourth-order valence-electron chi connectivity index (χ4n) is 10.0. The van der Waals surface area contributed by atoms with Crippen molar-refractivity contribution in [2.24, 2.45) is 0 Å². The van der Waals surface area contributed by atoms with Gasteiger partial charge in [0, 0.05) is 22.1 Å². The van der Waals surface area contributed by atoms with E-state index in [9.17, 15) is 5.26 Å². The molecule has 0 spiro atoms. The lowest BCUT2D eigenvalue weighted by atomic mass is 9.82. The Bertz CT molecular complexity index is 2600. The van der Waals surface area contributed by atoms with Crippen molar-refractivity contribution in [1.29, 1.82) is 5.26 Å². The van der Waals surface area contributed by atoms with Crippen molar-refractivity contribution in [2.75, 3.05) is 9.80 Å². The molecular formula is C52H42N4. The number of hydrogen-bond donors (Lipinski definition) is 0. The molecule has 2 saturated carbocycles. The monoisotopic (exact) mass is 722 g/mol. The Morgan fingerprint density at radius 1 is 0.482 bits per heavy atom. The molecule has 0 heterocycles. The number of hydrogen-bond acceptors (Lipinski definition) is 3. The van der Waals surface area contributed by atoms with Crippen molar-refractivity contribution in [3.63, 3.8) is 0 Å². The molecule has 0 aliphatic heterocycles. The molecule has 0 N–H and O–H groups in total. The zero-order valence-electron chi connectivity index (χ0n) is 31.5. The molecule has 56 heavy (non-hydrogen) atoms. The maximum absolute atomic E-state index is 10.5. The Balaban J connectivity index is 1.36. The molecule has 0 saturated heterocycles. The van der Waals surface area contributed by atoms with Gasteiger partial charge in [0.2, 0.25) is 5.69 Å².